The molecular weight excluding hydrogens is 448 g/mol. The Morgan fingerprint density at radius 1 is 1.00 bits per heavy atom. The minimum Gasteiger partial charge on any atom is -0.493 e. The van der Waals surface area contributed by atoms with Crippen molar-refractivity contribution in [2.45, 2.75) is 33.2 Å². The van der Waals surface area contributed by atoms with E-state index in [1.807, 2.05) is 30.5 Å². The number of carbonyl (C=O) groups is 2. The van der Waals surface area contributed by atoms with Gasteiger partial charge in [-0.05, 0) is 72.7 Å². The van der Waals surface area contributed by atoms with Crippen LogP contribution in [0.3, 0.4) is 0 Å². The summed E-state index contributed by atoms with van der Waals surface area (Å²) < 4.78 is 10.5. The van der Waals surface area contributed by atoms with Crippen molar-refractivity contribution < 1.29 is 19.1 Å². The molecule has 34 heavy (non-hydrogen) atoms. The highest BCUT2D eigenvalue weighted by Crippen LogP contribution is 2.28. The second-order valence-electron chi connectivity index (χ2n) is 7.88. The van der Waals surface area contributed by atoms with Crippen molar-refractivity contribution in [1.29, 1.82) is 0 Å². The van der Waals surface area contributed by atoms with Gasteiger partial charge in [0.15, 0.2) is 11.5 Å². The van der Waals surface area contributed by atoms with Gasteiger partial charge in [0, 0.05) is 10.4 Å². The van der Waals surface area contributed by atoms with Crippen LogP contribution in [0.5, 0.6) is 11.5 Å². The van der Waals surface area contributed by atoms with Crippen molar-refractivity contribution in [3.05, 3.63) is 86.7 Å². The summed E-state index contributed by atoms with van der Waals surface area (Å²) in [4.78, 5) is 27.2. The molecule has 0 aliphatic carbocycles. The van der Waals surface area contributed by atoms with E-state index in [1.165, 1.54) is 36.7 Å². The summed E-state index contributed by atoms with van der Waals surface area (Å²) in [5.74, 6) is 0.181. The number of thiophene rings is 1. The first-order chi connectivity index (χ1) is 16.4. The summed E-state index contributed by atoms with van der Waals surface area (Å²) in [6, 6.07) is 14.6. The third-order valence-electron chi connectivity index (χ3n) is 5.62. The third-order valence-corrected chi connectivity index (χ3v) is 6.43. The molecular formula is C27H30N2O4S. The summed E-state index contributed by atoms with van der Waals surface area (Å²) >= 11 is 1.48. The fourth-order valence-corrected chi connectivity index (χ4v) is 4.14. The molecule has 1 aromatic heterocycles. The van der Waals surface area contributed by atoms with E-state index in [9.17, 15) is 9.59 Å². The molecule has 0 bridgehead atoms. The zero-order valence-corrected chi connectivity index (χ0v) is 20.9. The fourth-order valence-electron chi connectivity index (χ4n) is 3.48. The lowest BCUT2D eigenvalue weighted by Gasteiger charge is -2.20. The van der Waals surface area contributed by atoms with Crippen molar-refractivity contribution in [3.8, 4) is 11.5 Å². The van der Waals surface area contributed by atoms with Crippen LogP contribution in [-0.2, 0) is 4.79 Å². The molecule has 3 rings (SSSR count). The van der Waals surface area contributed by atoms with E-state index in [-0.39, 0.29) is 17.6 Å². The first kappa shape index (κ1) is 25.1. The van der Waals surface area contributed by atoms with E-state index in [1.54, 1.807) is 24.3 Å². The normalized spacial score (nSPS) is 12.1. The van der Waals surface area contributed by atoms with E-state index < -0.39 is 5.91 Å². The molecule has 0 saturated carbocycles. The number of ether oxygens (including phenoxy) is 2. The lowest BCUT2D eigenvalue weighted by molar-refractivity contribution is -0.118. The molecule has 0 spiro atoms. The number of benzene rings is 2. The summed E-state index contributed by atoms with van der Waals surface area (Å²) in [5, 5.41) is 7.78. The van der Waals surface area contributed by atoms with Gasteiger partial charge in [-0.1, -0.05) is 31.2 Å². The van der Waals surface area contributed by atoms with E-state index in [0.717, 1.165) is 10.4 Å². The lowest BCUT2D eigenvalue weighted by Crippen LogP contribution is -2.36. The maximum Gasteiger partial charge on any atom is 0.268 e. The minimum absolute atomic E-state index is 0.171. The summed E-state index contributed by atoms with van der Waals surface area (Å²) in [7, 11) is 3.04. The first-order valence-electron chi connectivity index (χ1n) is 11.0. The molecule has 0 fully saturated rings. The Balaban J connectivity index is 1.86. The van der Waals surface area contributed by atoms with Crippen molar-refractivity contribution in [2.24, 2.45) is 0 Å². The van der Waals surface area contributed by atoms with Crippen LogP contribution in [0, 0.1) is 13.8 Å². The second-order valence-corrected chi connectivity index (χ2v) is 8.85. The molecule has 178 valence electrons. The molecule has 1 atom stereocenters. The van der Waals surface area contributed by atoms with Crippen LogP contribution in [-0.4, -0.2) is 26.0 Å². The summed E-state index contributed by atoms with van der Waals surface area (Å²) in [5.41, 5.74) is 3.92. The Labute approximate surface area is 204 Å². The molecule has 2 N–H and O–H groups in total. The third kappa shape index (κ3) is 6.05. The van der Waals surface area contributed by atoms with Gasteiger partial charge in [-0.25, -0.2) is 0 Å². The molecule has 0 radical (unpaired) electrons. The van der Waals surface area contributed by atoms with Crippen LogP contribution in [0.2, 0.25) is 0 Å². The highest BCUT2D eigenvalue weighted by Gasteiger charge is 2.20. The topological polar surface area (TPSA) is 76.7 Å². The Bertz CT molecular complexity index is 1190. The standard InChI is InChI=1S/C27H30N2O4S/c1-6-22(19-10-9-17(2)18(3)14-19)28-27(31)23(16-21-8-7-13-34-21)29-26(30)20-11-12-24(32-4)25(15-20)33-5/h7-16,22H,6H2,1-5H3,(H,28,31)(H,29,30)/b23-16-/t22-/m0/s1. The largest absolute Gasteiger partial charge is 0.493 e. The number of hydrogen-bond acceptors (Lipinski definition) is 5. The maximum atomic E-state index is 13.3. The highest BCUT2D eigenvalue weighted by atomic mass is 32.1. The molecule has 6 nitrogen and oxygen atoms in total. The molecule has 0 aliphatic rings. The molecule has 2 amide bonds. The average Bonchev–Trinajstić information content (AvgIpc) is 3.36. The van der Waals surface area contributed by atoms with E-state index in [2.05, 4.69) is 36.6 Å². The number of amides is 2. The monoisotopic (exact) mass is 478 g/mol. The van der Waals surface area contributed by atoms with Crippen molar-refractivity contribution in [3.63, 3.8) is 0 Å². The molecule has 0 aliphatic heterocycles. The van der Waals surface area contributed by atoms with Crippen LogP contribution < -0.4 is 20.1 Å². The quantitative estimate of drug-likeness (QED) is 0.403. The van der Waals surface area contributed by atoms with Gasteiger partial charge in [0.05, 0.1) is 20.3 Å². The summed E-state index contributed by atoms with van der Waals surface area (Å²) in [6.07, 6.45) is 2.40. The Morgan fingerprint density at radius 3 is 2.38 bits per heavy atom. The van der Waals surface area contributed by atoms with Gasteiger partial charge in [-0.15, -0.1) is 11.3 Å². The number of hydrogen-bond donors (Lipinski definition) is 2. The van der Waals surface area contributed by atoms with Crippen molar-refractivity contribution >= 4 is 29.2 Å². The predicted molar refractivity (Wildman–Crippen MR) is 136 cm³/mol. The number of rotatable bonds is 9. The SMILES string of the molecule is CC[C@H](NC(=O)/C(=C/c1cccs1)NC(=O)c1ccc(OC)c(OC)c1)c1ccc(C)c(C)c1. The molecule has 2 aromatic carbocycles. The van der Waals surface area contributed by atoms with Gasteiger partial charge >= 0.3 is 0 Å². The van der Waals surface area contributed by atoms with Gasteiger partial charge in [0.1, 0.15) is 5.70 Å². The van der Waals surface area contributed by atoms with Gasteiger partial charge in [0.2, 0.25) is 0 Å². The zero-order valence-electron chi connectivity index (χ0n) is 20.1. The zero-order chi connectivity index (χ0) is 24.7. The van der Waals surface area contributed by atoms with Crippen LogP contribution in [0.15, 0.2) is 59.6 Å². The van der Waals surface area contributed by atoms with Gasteiger partial charge in [-0.2, -0.15) is 0 Å². The molecule has 1 heterocycles. The smallest absolute Gasteiger partial charge is 0.268 e. The van der Waals surface area contributed by atoms with E-state index in [0.29, 0.717) is 23.5 Å². The molecule has 3 aromatic rings. The second kappa shape index (κ2) is 11.5. The van der Waals surface area contributed by atoms with Crippen molar-refractivity contribution in [2.75, 3.05) is 14.2 Å². The summed E-state index contributed by atoms with van der Waals surface area (Å²) in [6.45, 7) is 6.13. The molecule has 7 heteroatoms. The number of aryl methyl sites for hydroxylation is 2. The van der Waals surface area contributed by atoms with Crippen LogP contribution in [0.4, 0.5) is 0 Å². The van der Waals surface area contributed by atoms with E-state index >= 15 is 0 Å². The van der Waals surface area contributed by atoms with Crippen LogP contribution in [0.1, 0.15) is 51.3 Å². The average molecular weight is 479 g/mol. The Morgan fingerprint density at radius 2 is 1.76 bits per heavy atom. The number of carbonyl (C=O) groups excluding carboxylic acids is 2. The Hall–Kier alpha value is -3.58. The predicted octanol–water partition coefficient (Wildman–Crippen LogP) is 5.42. The fraction of sp³-hybridized carbons (Fsp3) is 0.259. The lowest BCUT2D eigenvalue weighted by atomic mass is 9.99. The van der Waals surface area contributed by atoms with Gasteiger partial charge in [0.25, 0.3) is 11.8 Å². The van der Waals surface area contributed by atoms with Gasteiger partial charge in [-0.3, -0.25) is 9.59 Å². The molecule has 0 saturated heterocycles. The van der Waals surface area contributed by atoms with E-state index in [4.69, 9.17) is 9.47 Å². The van der Waals surface area contributed by atoms with Crippen LogP contribution >= 0.6 is 11.3 Å². The van der Waals surface area contributed by atoms with Crippen molar-refractivity contribution in [1.82, 2.24) is 10.6 Å². The highest BCUT2D eigenvalue weighted by molar-refractivity contribution is 7.10. The number of methoxy groups -OCH3 is 2. The first-order valence-corrected chi connectivity index (χ1v) is 11.9. The Kier molecular flexibility index (Phi) is 8.49. The van der Waals surface area contributed by atoms with Crippen LogP contribution in [0.25, 0.3) is 6.08 Å². The molecule has 0 unspecified atom stereocenters. The maximum absolute atomic E-state index is 13.3. The number of nitrogens with one attached hydrogen (secondary N) is 2. The van der Waals surface area contributed by atoms with Gasteiger partial charge < -0.3 is 20.1 Å². The minimum atomic E-state index is -0.418.